The number of hydrogen-bond donors (Lipinski definition) is 3. The van der Waals surface area contributed by atoms with Gasteiger partial charge in [0.1, 0.15) is 4.88 Å². The van der Waals surface area contributed by atoms with Crippen molar-refractivity contribution in [3.05, 3.63) is 46.4 Å². The molecule has 2 aromatic rings. The number of aromatic nitrogens is 1. The Morgan fingerprint density at radius 2 is 2.04 bits per heavy atom. The average molecular weight is 401 g/mol. The minimum atomic E-state index is -0.121. The van der Waals surface area contributed by atoms with Crippen LogP contribution in [-0.4, -0.2) is 55.5 Å². The van der Waals surface area contributed by atoms with Gasteiger partial charge in [0.25, 0.3) is 5.91 Å². The fraction of sp³-hybridized carbons (Fsp3) is 0.368. The number of rotatable bonds is 6. The number of carbonyl (C=O) groups is 2. The monoisotopic (exact) mass is 400 g/mol. The normalized spacial score (nSPS) is 16.9. The lowest BCUT2D eigenvalue weighted by Crippen LogP contribution is -2.46. The van der Waals surface area contributed by atoms with Crippen LogP contribution in [-0.2, 0) is 4.79 Å². The van der Waals surface area contributed by atoms with Crippen molar-refractivity contribution in [3.8, 4) is 0 Å². The second kappa shape index (κ2) is 9.32. The maximum Gasteiger partial charge on any atom is 0.263 e. The predicted octanol–water partition coefficient (Wildman–Crippen LogP) is 1.15. The Morgan fingerprint density at radius 3 is 2.71 bits per heavy atom. The summed E-state index contributed by atoms with van der Waals surface area (Å²) in [5, 5.41) is 9.30. The topological polar surface area (TPSA) is 98.7 Å². The van der Waals surface area contributed by atoms with Gasteiger partial charge in [0.15, 0.2) is 5.96 Å². The summed E-state index contributed by atoms with van der Waals surface area (Å²) in [6, 6.07) is 9.62. The lowest BCUT2D eigenvalue weighted by atomic mass is 10.2. The Hall–Kier alpha value is -2.94. The number of guanidine groups is 1. The van der Waals surface area contributed by atoms with Crippen LogP contribution in [0.5, 0.6) is 0 Å². The molecule has 3 N–H and O–H groups in total. The summed E-state index contributed by atoms with van der Waals surface area (Å²) in [4.78, 5) is 35.1. The van der Waals surface area contributed by atoms with E-state index in [-0.39, 0.29) is 17.9 Å². The molecule has 1 aromatic heterocycles. The summed E-state index contributed by atoms with van der Waals surface area (Å²) in [7, 11) is 1.68. The van der Waals surface area contributed by atoms with Crippen molar-refractivity contribution in [1.29, 1.82) is 0 Å². The number of anilines is 1. The highest BCUT2D eigenvalue weighted by molar-refractivity contribution is 7.11. The minimum Gasteiger partial charge on any atom is -0.355 e. The molecule has 3 rings (SSSR count). The molecule has 0 radical (unpaired) electrons. The van der Waals surface area contributed by atoms with Crippen LogP contribution in [0, 0.1) is 6.92 Å². The highest BCUT2D eigenvalue weighted by Crippen LogP contribution is 2.20. The van der Waals surface area contributed by atoms with Gasteiger partial charge in [-0.1, -0.05) is 18.2 Å². The van der Waals surface area contributed by atoms with Gasteiger partial charge in [0, 0.05) is 38.8 Å². The third-order valence-corrected chi connectivity index (χ3v) is 5.34. The SMILES string of the molecule is CN=C(NCCNC(=O)c1scnc1C)NC1CC(=O)N(c2ccccc2)C1. The molecule has 1 unspecified atom stereocenters. The number of amides is 2. The standard InChI is InChI=1S/C19H24N6O2S/c1-13-17(28-12-23-13)18(27)21-8-9-22-19(20-2)24-14-10-16(26)25(11-14)15-6-4-3-5-7-15/h3-7,12,14H,8-11H2,1-2H3,(H,21,27)(H2,20,22,24). The van der Waals surface area contributed by atoms with Gasteiger partial charge >= 0.3 is 0 Å². The molecule has 8 nitrogen and oxygen atoms in total. The second-order valence-corrected chi connectivity index (χ2v) is 7.26. The summed E-state index contributed by atoms with van der Waals surface area (Å²) >= 11 is 1.33. The Bertz CT molecular complexity index is 851. The molecule has 28 heavy (non-hydrogen) atoms. The van der Waals surface area contributed by atoms with Crippen LogP contribution in [0.1, 0.15) is 21.8 Å². The van der Waals surface area contributed by atoms with E-state index in [4.69, 9.17) is 0 Å². The summed E-state index contributed by atoms with van der Waals surface area (Å²) in [5.74, 6) is 0.576. The van der Waals surface area contributed by atoms with Crippen LogP contribution in [0.4, 0.5) is 5.69 Å². The zero-order valence-electron chi connectivity index (χ0n) is 15.9. The Morgan fingerprint density at radius 1 is 1.29 bits per heavy atom. The van der Waals surface area contributed by atoms with Crippen molar-refractivity contribution in [2.24, 2.45) is 4.99 Å². The summed E-state index contributed by atoms with van der Waals surface area (Å²) in [6.07, 6.45) is 0.414. The molecule has 1 saturated heterocycles. The van der Waals surface area contributed by atoms with Crippen LogP contribution in [0.15, 0.2) is 40.8 Å². The quantitative estimate of drug-likeness (QED) is 0.384. The predicted molar refractivity (Wildman–Crippen MR) is 111 cm³/mol. The van der Waals surface area contributed by atoms with E-state index in [9.17, 15) is 9.59 Å². The van der Waals surface area contributed by atoms with Crippen molar-refractivity contribution in [2.75, 3.05) is 31.6 Å². The smallest absolute Gasteiger partial charge is 0.263 e. The van der Waals surface area contributed by atoms with Crippen LogP contribution < -0.4 is 20.9 Å². The fourth-order valence-electron chi connectivity index (χ4n) is 3.01. The van der Waals surface area contributed by atoms with Crippen LogP contribution in [0.2, 0.25) is 0 Å². The number of thiazole rings is 1. The van der Waals surface area contributed by atoms with Gasteiger partial charge in [0.05, 0.1) is 17.2 Å². The van der Waals surface area contributed by atoms with Crippen LogP contribution >= 0.6 is 11.3 Å². The van der Waals surface area contributed by atoms with Gasteiger partial charge in [-0.25, -0.2) is 4.98 Å². The van der Waals surface area contributed by atoms with Gasteiger partial charge < -0.3 is 20.9 Å². The zero-order chi connectivity index (χ0) is 19.9. The lowest BCUT2D eigenvalue weighted by Gasteiger charge is -2.19. The number of aliphatic imine (C=N–C) groups is 1. The van der Waals surface area contributed by atoms with Crippen LogP contribution in [0.3, 0.4) is 0 Å². The first-order chi connectivity index (χ1) is 13.6. The molecule has 148 valence electrons. The van der Waals surface area contributed by atoms with Crippen molar-refractivity contribution in [3.63, 3.8) is 0 Å². The first-order valence-corrected chi connectivity index (χ1v) is 9.97. The van der Waals surface area contributed by atoms with E-state index in [0.717, 1.165) is 11.4 Å². The van der Waals surface area contributed by atoms with Crippen molar-refractivity contribution >= 4 is 34.8 Å². The number of carbonyl (C=O) groups excluding carboxylic acids is 2. The molecule has 0 saturated carbocycles. The molecule has 1 aliphatic rings. The third-order valence-electron chi connectivity index (χ3n) is 4.41. The maximum absolute atomic E-state index is 12.3. The van der Waals surface area contributed by atoms with Crippen molar-refractivity contribution in [1.82, 2.24) is 20.9 Å². The van der Waals surface area contributed by atoms with Gasteiger partial charge in [-0.2, -0.15) is 0 Å². The molecule has 9 heteroatoms. The highest BCUT2D eigenvalue weighted by Gasteiger charge is 2.30. The van der Waals surface area contributed by atoms with E-state index >= 15 is 0 Å². The molecule has 0 aliphatic carbocycles. The highest BCUT2D eigenvalue weighted by atomic mass is 32.1. The zero-order valence-corrected chi connectivity index (χ0v) is 16.8. The molecule has 1 atom stereocenters. The molecule has 1 fully saturated rings. The number of aryl methyl sites for hydroxylation is 1. The van der Waals surface area contributed by atoms with E-state index in [2.05, 4.69) is 25.9 Å². The molecule has 0 spiro atoms. The summed E-state index contributed by atoms with van der Waals surface area (Å²) in [6.45, 7) is 3.38. The molecular formula is C19H24N6O2S. The van der Waals surface area contributed by atoms with Gasteiger partial charge in [-0.3, -0.25) is 14.6 Å². The summed E-state index contributed by atoms with van der Waals surface area (Å²) < 4.78 is 0. The summed E-state index contributed by atoms with van der Waals surface area (Å²) in [5.41, 5.74) is 3.30. The van der Waals surface area contributed by atoms with E-state index in [0.29, 0.717) is 36.9 Å². The van der Waals surface area contributed by atoms with E-state index in [1.54, 1.807) is 17.5 Å². The first kappa shape index (κ1) is 19.8. The first-order valence-electron chi connectivity index (χ1n) is 9.09. The molecule has 2 amide bonds. The van der Waals surface area contributed by atoms with Crippen LogP contribution in [0.25, 0.3) is 0 Å². The largest absolute Gasteiger partial charge is 0.355 e. The maximum atomic E-state index is 12.3. The Kier molecular flexibility index (Phi) is 6.59. The van der Waals surface area contributed by atoms with Gasteiger partial charge in [-0.05, 0) is 19.1 Å². The number of hydrogen-bond acceptors (Lipinski definition) is 5. The number of nitrogens with zero attached hydrogens (tertiary/aromatic N) is 3. The Balaban J connectivity index is 1.43. The Labute approximate surface area is 168 Å². The molecule has 0 bridgehead atoms. The number of para-hydroxylation sites is 1. The van der Waals surface area contributed by atoms with Gasteiger partial charge in [-0.15, -0.1) is 11.3 Å². The third kappa shape index (κ3) is 4.86. The van der Waals surface area contributed by atoms with Gasteiger partial charge in [0.2, 0.25) is 5.91 Å². The minimum absolute atomic E-state index is 0.0201. The van der Waals surface area contributed by atoms with E-state index in [1.165, 1.54) is 11.3 Å². The molecule has 1 aromatic carbocycles. The number of benzene rings is 1. The molecular weight excluding hydrogens is 376 g/mol. The van der Waals surface area contributed by atoms with Crippen molar-refractivity contribution < 1.29 is 9.59 Å². The number of nitrogens with one attached hydrogen (secondary N) is 3. The van der Waals surface area contributed by atoms with E-state index in [1.807, 2.05) is 37.3 Å². The molecule has 2 heterocycles. The molecule has 1 aliphatic heterocycles. The van der Waals surface area contributed by atoms with E-state index < -0.39 is 0 Å². The second-order valence-electron chi connectivity index (χ2n) is 6.41. The lowest BCUT2D eigenvalue weighted by molar-refractivity contribution is -0.117. The van der Waals surface area contributed by atoms with Crippen molar-refractivity contribution in [2.45, 2.75) is 19.4 Å². The fourth-order valence-corrected chi connectivity index (χ4v) is 3.73. The average Bonchev–Trinajstić information content (AvgIpc) is 3.30.